The third kappa shape index (κ3) is 6.58. The first-order valence-corrected chi connectivity index (χ1v) is 4.63. The molecule has 12 heavy (non-hydrogen) atoms. The zero-order valence-corrected chi connectivity index (χ0v) is 8.34. The molecule has 0 saturated carbocycles. The van der Waals surface area contributed by atoms with Gasteiger partial charge in [0.25, 0.3) is 0 Å². The molecule has 0 rings (SSSR count). The van der Waals surface area contributed by atoms with Crippen molar-refractivity contribution in [3.63, 3.8) is 0 Å². The lowest BCUT2D eigenvalue weighted by molar-refractivity contribution is 0.0748. The van der Waals surface area contributed by atoms with Crippen LogP contribution in [0.4, 0.5) is 0 Å². The fraction of sp³-hybridized carbons (Fsp3) is 1.00. The molecule has 2 unspecified atom stereocenters. The molecule has 3 nitrogen and oxygen atoms in total. The molecule has 0 aliphatic carbocycles. The molecule has 0 saturated heterocycles. The summed E-state index contributed by atoms with van der Waals surface area (Å²) in [6.45, 7) is 8.77. The maximum atomic E-state index is 8.73. The van der Waals surface area contributed by atoms with Crippen molar-refractivity contribution in [2.45, 2.75) is 26.9 Å². The maximum absolute atomic E-state index is 8.73. The van der Waals surface area contributed by atoms with Crippen molar-refractivity contribution in [2.75, 3.05) is 26.3 Å². The predicted octanol–water partition coefficient (Wildman–Crippen LogP) is 0.629. The summed E-state index contributed by atoms with van der Waals surface area (Å²) in [7, 11) is 0. The highest BCUT2D eigenvalue weighted by Gasteiger charge is 2.02. The van der Waals surface area contributed by atoms with Gasteiger partial charge in [0.15, 0.2) is 0 Å². The SMILES string of the molecule is CCOC(C)CNCC(C)CO. The lowest BCUT2D eigenvalue weighted by Gasteiger charge is -2.14. The highest BCUT2D eigenvalue weighted by atomic mass is 16.5. The molecule has 0 fully saturated rings. The summed E-state index contributed by atoms with van der Waals surface area (Å²) in [6, 6.07) is 0. The Morgan fingerprint density at radius 2 is 2.00 bits per heavy atom. The van der Waals surface area contributed by atoms with Gasteiger partial charge in [-0.1, -0.05) is 6.92 Å². The summed E-state index contributed by atoms with van der Waals surface area (Å²) < 4.78 is 5.33. The van der Waals surface area contributed by atoms with Crippen molar-refractivity contribution in [1.29, 1.82) is 0 Å². The Hall–Kier alpha value is -0.120. The van der Waals surface area contributed by atoms with Crippen molar-refractivity contribution in [1.82, 2.24) is 5.32 Å². The van der Waals surface area contributed by atoms with Crippen LogP contribution in [0.3, 0.4) is 0 Å². The Morgan fingerprint density at radius 1 is 1.33 bits per heavy atom. The number of ether oxygens (including phenoxy) is 1. The third-order valence-electron chi connectivity index (χ3n) is 1.69. The van der Waals surface area contributed by atoms with E-state index >= 15 is 0 Å². The van der Waals surface area contributed by atoms with Gasteiger partial charge >= 0.3 is 0 Å². The quantitative estimate of drug-likeness (QED) is 0.596. The summed E-state index contributed by atoms with van der Waals surface area (Å²) in [5.74, 6) is 0.332. The Bertz CT molecular complexity index is 98.5. The van der Waals surface area contributed by atoms with E-state index in [0.29, 0.717) is 5.92 Å². The van der Waals surface area contributed by atoms with Gasteiger partial charge in [0, 0.05) is 19.8 Å². The minimum atomic E-state index is 0.246. The van der Waals surface area contributed by atoms with Crippen molar-refractivity contribution in [3.8, 4) is 0 Å². The van der Waals surface area contributed by atoms with Crippen LogP contribution in [0.15, 0.2) is 0 Å². The molecular formula is C9H21NO2. The van der Waals surface area contributed by atoms with E-state index in [1.54, 1.807) is 0 Å². The Kier molecular flexibility index (Phi) is 7.45. The molecule has 0 aromatic heterocycles. The first kappa shape index (κ1) is 11.9. The number of hydrogen-bond acceptors (Lipinski definition) is 3. The van der Waals surface area contributed by atoms with E-state index in [2.05, 4.69) is 5.32 Å². The van der Waals surface area contributed by atoms with E-state index in [1.165, 1.54) is 0 Å². The number of hydrogen-bond donors (Lipinski definition) is 2. The van der Waals surface area contributed by atoms with Gasteiger partial charge in [-0.15, -0.1) is 0 Å². The molecule has 0 spiro atoms. The Labute approximate surface area is 75.1 Å². The monoisotopic (exact) mass is 175 g/mol. The molecule has 2 N–H and O–H groups in total. The highest BCUT2D eigenvalue weighted by Crippen LogP contribution is 1.91. The summed E-state index contributed by atoms with van der Waals surface area (Å²) >= 11 is 0. The topological polar surface area (TPSA) is 41.5 Å². The van der Waals surface area contributed by atoms with Crippen LogP contribution < -0.4 is 5.32 Å². The van der Waals surface area contributed by atoms with Crippen LogP contribution in [0.25, 0.3) is 0 Å². The van der Waals surface area contributed by atoms with E-state index in [4.69, 9.17) is 9.84 Å². The molecular weight excluding hydrogens is 154 g/mol. The van der Waals surface area contributed by atoms with Gasteiger partial charge in [-0.3, -0.25) is 0 Å². The molecule has 3 heteroatoms. The van der Waals surface area contributed by atoms with E-state index in [1.807, 2.05) is 20.8 Å². The van der Waals surface area contributed by atoms with Crippen molar-refractivity contribution in [2.24, 2.45) is 5.92 Å². The molecule has 0 aliphatic heterocycles. The average Bonchev–Trinajstić information content (AvgIpc) is 2.04. The Balaban J connectivity index is 3.18. The highest BCUT2D eigenvalue weighted by molar-refractivity contribution is 4.58. The van der Waals surface area contributed by atoms with Gasteiger partial charge in [0.05, 0.1) is 6.10 Å². The normalized spacial score (nSPS) is 16.0. The van der Waals surface area contributed by atoms with Crippen LogP contribution in [0.1, 0.15) is 20.8 Å². The van der Waals surface area contributed by atoms with Crippen LogP contribution in [0, 0.1) is 5.92 Å². The summed E-state index contributed by atoms with van der Waals surface area (Å²) in [4.78, 5) is 0. The third-order valence-corrected chi connectivity index (χ3v) is 1.69. The predicted molar refractivity (Wildman–Crippen MR) is 50.2 cm³/mol. The van der Waals surface area contributed by atoms with Gasteiger partial charge in [-0.05, 0) is 26.3 Å². The van der Waals surface area contributed by atoms with Gasteiger partial charge in [-0.2, -0.15) is 0 Å². The molecule has 0 aromatic rings. The zero-order valence-electron chi connectivity index (χ0n) is 8.34. The second-order valence-corrected chi connectivity index (χ2v) is 3.21. The summed E-state index contributed by atoms with van der Waals surface area (Å²) in [5, 5.41) is 12.0. The van der Waals surface area contributed by atoms with Crippen molar-refractivity contribution >= 4 is 0 Å². The van der Waals surface area contributed by atoms with Gasteiger partial charge in [0.1, 0.15) is 0 Å². The van der Waals surface area contributed by atoms with E-state index in [-0.39, 0.29) is 12.7 Å². The lowest BCUT2D eigenvalue weighted by Crippen LogP contribution is -2.31. The second-order valence-electron chi connectivity index (χ2n) is 3.21. The van der Waals surface area contributed by atoms with E-state index in [9.17, 15) is 0 Å². The maximum Gasteiger partial charge on any atom is 0.0671 e. The molecule has 0 bridgehead atoms. The standard InChI is InChI=1S/C9H21NO2/c1-4-12-9(3)6-10-5-8(2)7-11/h8-11H,4-7H2,1-3H3. The molecule has 0 heterocycles. The van der Waals surface area contributed by atoms with Crippen LogP contribution >= 0.6 is 0 Å². The number of aliphatic hydroxyl groups excluding tert-OH is 1. The molecule has 2 atom stereocenters. The minimum Gasteiger partial charge on any atom is -0.396 e. The molecule has 74 valence electrons. The number of aliphatic hydroxyl groups is 1. The van der Waals surface area contributed by atoms with Crippen LogP contribution in [0.5, 0.6) is 0 Å². The molecule has 0 radical (unpaired) electrons. The van der Waals surface area contributed by atoms with Crippen LogP contribution in [-0.4, -0.2) is 37.5 Å². The summed E-state index contributed by atoms with van der Waals surface area (Å²) in [5.41, 5.74) is 0. The van der Waals surface area contributed by atoms with Crippen molar-refractivity contribution < 1.29 is 9.84 Å². The zero-order chi connectivity index (χ0) is 9.40. The van der Waals surface area contributed by atoms with E-state index < -0.39 is 0 Å². The first-order chi connectivity index (χ1) is 5.70. The minimum absolute atomic E-state index is 0.246. The van der Waals surface area contributed by atoms with E-state index in [0.717, 1.165) is 19.7 Å². The fourth-order valence-corrected chi connectivity index (χ4v) is 0.941. The molecule has 0 amide bonds. The smallest absolute Gasteiger partial charge is 0.0671 e. The Morgan fingerprint density at radius 3 is 2.50 bits per heavy atom. The average molecular weight is 175 g/mol. The number of rotatable bonds is 7. The van der Waals surface area contributed by atoms with Crippen molar-refractivity contribution in [3.05, 3.63) is 0 Å². The van der Waals surface area contributed by atoms with Gasteiger partial charge < -0.3 is 15.2 Å². The fourth-order valence-electron chi connectivity index (χ4n) is 0.941. The first-order valence-electron chi connectivity index (χ1n) is 4.63. The lowest BCUT2D eigenvalue weighted by atomic mass is 10.2. The second kappa shape index (κ2) is 7.53. The van der Waals surface area contributed by atoms with Gasteiger partial charge in [-0.25, -0.2) is 0 Å². The van der Waals surface area contributed by atoms with Crippen LogP contribution in [0.2, 0.25) is 0 Å². The number of nitrogens with one attached hydrogen (secondary N) is 1. The molecule has 0 aromatic carbocycles. The summed E-state index contributed by atoms with van der Waals surface area (Å²) in [6.07, 6.45) is 0.265. The largest absolute Gasteiger partial charge is 0.396 e. The molecule has 0 aliphatic rings. The van der Waals surface area contributed by atoms with Crippen LogP contribution in [-0.2, 0) is 4.74 Å². The van der Waals surface area contributed by atoms with Gasteiger partial charge in [0.2, 0.25) is 0 Å².